The Morgan fingerprint density at radius 3 is 1.12 bits per heavy atom. The van der Waals surface area contributed by atoms with Gasteiger partial charge in [-0.1, -0.05) is 12.5 Å². The first kappa shape index (κ1) is 30.4. The first-order valence-corrected chi connectivity index (χ1v) is 10.7. The summed E-state index contributed by atoms with van der Waals surface area (Å²) < 4.78 is 47.3. The first-order valence-electron chi connectivity index (χ1n) is 10.7. The minimum Gasteiger partial charge on any atom is -0.460 e. The number of hydrogen-bond acceptors (Lipinski definition) is 10. The van der Waals surface area contributed by atoms with Crippen molar-refractivity contribution < 1.29 is 47.4 Å². The average molecular weight is 463 g/mol. The second-order valence-electron chi connectivity index (χ2n) is 5.91. The molecule has 10 heteroatoms. The summed E-state index contributed by atoms with van der Waals surface area (Å²) in [6, 6.07) is 0. The van der Waals surface area contributed by atoms with E-state index in [4.69, 9.17) is 49.1 Å². The van der Waals surface area contributed by atoms with Crippen molar-refractivity contribution in [1.82, 2.24) is 0 Å². The van der Waals surface area contributed by atoms with Crippen LogP contribution in [0, 0.1) is 12.3 Å². The Morgan fingerprint density at radius 1 is 0.562 bits per heavy atom. The van der Waals surface area contributed by atoms with E-state index in [1.165, 1.54) is 0 Å². The number of terminal acetylenes is 1. The van der Waals surface area contributed by atoms with Crippen molar-refractivity contribution in [2.24, 2.45) is 0 Å². The van der Waals surface area contributed by atoms with Crippen molar-refractivity contribution in [2.45, 2.75) is 0 Å². The zero-order valence-electron chi connectivity index (χ0n) is 19.0. The molecule has 186 valence electrons. The summed E-state index contributed by atoms with van der Waals surface area (Å²) in [4.78, 5) is 10.8. The maximum Gasteiger partial charge on any atom is 0.330 e. The summed E-state index contributed by atoms with van der Waals surface area (Å²) in [5, 5.41) is 0. The first-order chi connectivity index (χ1) is 15.8. The highest BCUT2D eigenvalue weighted by molar-refractivity contribution is 5.81. The smallest absolute Gasteiger partial charge is 0.330 e. The van der Waals surface area contributed by atoms with E-state index in [-0.39, 0.29) is 6.61 Å². The van der Waals surface area contributed by atoms with Crippen molar-refractivity contribution >= 4 is 5.97 Å². The van der Waals surface area contributed by atoms with Gasteiger partial charge in [-0.05, 0) is 0 Å². The molecule has 10 nitrogen and oxygen atoms in total. The molecule has 0 heterocycles. The number of ether oxygens (including phenoxy) is 9. The van der Waals surface area contributed by atoms with Crippen LogP contribution < -0.4 is 0 Å². The molecule has 0 saturated carbocycles. The molecule has 0 bridgehead atoms. The van der Waals surface area contributed by atoms with Gasteiger partial charge >= 0.3 is 5.97 Å². The summed E-state index contributed by atoms with van der Waals surface area (Å²) in [6.07, 6.45) is 6.17. The Kier molecular flexibility index (Phi) is 26.2. The largest absolute Gasteiger partial charge is 0.460 e. The van der Waals surface area contributed by atoms with Gasteiger partial charge in [-0.15, -0.1) is 6.42 Å². The molecule has 0 spiro atoms. The van der Waals surface area contributed by atoms with Crippen molar-refractivity contribution in [1.29, 1.82) is 0 Å². The van der Waals surface area contributed by atoms with Crippen molar-refractivity contribution in [3.63, 3.8) is 0 Å². The van der Waals surface area contributed by atoms with E-state index in [0.717, 1.165) is 6.08 Å². The van der Waals surface area contributed by atoms with Crippen LogP contribution in [-0.4, -0.2) is 118 Å². The lowest BCUT2D eigenvalue weighted by Gasteiger charge is -2.08. The maximum absolute atomic E-state index is 10.8. The third-order valence-electron chi connectivity index (χ3n) is 3.43. The van der Waals surface area contributed by atoms with E-state index < -0.39 is 5.97 Å². The van der Waals surface area contributed by atoms with Crippen LogP contribution in [0.1, 0.15) is 0 Å². The zero-order chi connectivity index (χ0) is 23.4. The van der Waals surface area contributed by atoms with Crippen LogP contribution in [0.5, 0.6) is 0 Å². The Bertz CT molecular complexity index is 452. The predicted octanol–water partition coefficient (Wildman–Crippen LogP) is 0.482. The third kappa shape index (κ3) is 26.5. The molecule has 32 heavy (non-hydrogen) atoms. The second-order valence-corrected chi connectivity index (χ2v) is 5.91. The average Bonchev–Trinajstić information content (AvgIpc) is 2.81. The number of hydrogen-bond donors (Lipinski definition) is 0. The summed E-state index contributed by atoms with van der Waals surface area (Å²) in [5.74, 6) is 1.93. The topological polar surface area (TPSA) is 100 Å². The summed E-state index contributed by atoms with van der Waals surface area (Å²) in [5.41, 5.74) is 0. The van der Waals surface area contributed by atoms with Gasteiger partial charge in [0, 0.05) is 6.08 Å². The lowest BCUT2D eigenvalue weighted by molar-refractivity contribution is -0.139. The number of esters is 1. The molecule has 0 saturated heterocycles. The standard InChI is InChI=1S/C22H38O10/c1-3-5-24-6-7-25-8-9-26-10-11-27-12-13-28-14-15-29-16-17-30-18-19-31-20-21-32-22(23)4-2/h1,4H,2,5-21H2. The molecule has 0 fully saturated rings. The monoisotopic (exact) mass is 462 g/mol. The van der Waals surface area contributed by atoms with Crippen molar-refractivity contribution in [3.8, 4) is 12.3 Å². The highest BCUT2D eigenvalue weighted by atomic mass is 16.6. The fourth-order valence-electron chi connectivity index (χ4n) is 1.93. The highest BCUT2D eigenvalue weighted by Gasteiger charge is 1.96. The van der Waals surface area contributed by atoms with Crippen LogP contribution in [0.15, 0.2) is 12.7 Å². The van der Waals surface area contributed by atoms with E-state index in [0.29, 0.717) is 106 Å². The molecule has 0 radical (unpaired) electrons. The second kappa shape index (κ2) is 27.5. The van der Waals surface area contributed by atoms with Gasteiger partial charge in [0.1, 0.15) is 13.2 Å². The number of rotatable bonds is 26. The Morgan fingerprint density at radius 2 is 0.844 bits per heavy atom. The van der Waals surface area contributed by atoms with Gasteiger partial charge < -0.3 is 42.6 Å². The van der Waals surface area contributed by atoms with E-state index in [1.807, 2.05) is 0 Å². The van der Waals surface area contributed by atoms with E-state index in [2.05, 4.69) is 12.5 Å². The molecular weight excluding hydrogens is 424 g/mol. The molecular formula is C22H38O10. The third-order valence-corrected chi connectivity index (χ3v) is 3.43. The van der Waals surface area contributed by atoms with Gasteiger partial charge in [-0.25, -0.2) is 4.79 Å². The van der Waals surface area contributed by atoms with Gasteiger partial charge in [-0.3, -0.25) is 0 Å². The van der Waals surface area contributed by atoms with Gasteiger partial charge in [-0.2, -0.15) is 0 Å². The molecule has 0 atom stereocenters. The minimum atomic E-state index is -0.457. The molecule has 0 aliphatic heterocycles. The quantitative estimate of drug-likeness (QED) is 0.0781. The molecule has 0 N–H and O–H groups in total. The maximum atomic E-state index is 10.8. The fraction of sp³-hybridized carbons (Fsp3) is 0.773. The van der Waals surface area contributed by atoms with Crippen LogP contribution in [-0.2, 0) is 47.4 Å². The summed E-state index contributed by atoms with van der Waals surface area (Å²) in [7, 11) is 0. The number of carbonyl (C=O) groups excluding carboxylic acids is 1. The number of carbonyl (C=O) groups is 1. The molecule has 0 aromatic rings. The molecule has 0 aliphatic rings. The Balaban J connectivity index is 3.03. The molecule has 0 aromatic carbocycles. The van der Waals surface area contributed by atoms with Crippen LogP contribution in [0.2, 0.25) is 0 Å². The van der Waals surface area contributed by atoms with Gasteiger partial charge in [0.25, 0.3) is 0 Å². The van der Waals surface area contributed by atoms with Crippen molar-refractivity contribution in [3.05, 3.63) is 12.7 Å². The molecule has 0 rings (SSSR count). The molecule has 0 aromatic heterocycles. The molecule has 0 aliphatic carbocycles. The Hall–Kier alpha value is -1.55. The SMILES string of the molecule is C#CCOCCOCCOCCOCCOCCOCCOCCOCCOC(=O)C=C. The van der Waals surface area contributed by atoms with Gasteiger partial charge in [0.15, 0.2) is 0 Å². The lowest BCUT2D eigenvalue weighted by atomic mass is 10.6. The summed E-state index contributed by atoms with van der Waals surface area (Å²) >= 11 is 0. The van der Waals surface area contributed by atoms with E-state index in [9.17, 15) is 4.79 Å². The summed E-state index contributed by atoms with van der Waals surface area (Å²) in [6.45, 7) is 11.0. The molecule has 0 amide bonds. The fourth-order valence-corrected chi connectivity index (χ4v) is 1.93. The van der Waals surface area contributed by atoms with Crippen LogP contribution in [0.25, 0.3) is 0 Å². The normalized spacial score (nSPS) is 10.7. The zero-order valence-corrected chi connectivity index (χ0v) is 19.0. The van der Waals surface area contributed by atoms with Crippen LogP contribution in [0.4, 0.5) is 0 Å². The van der Waals surface area contributed by atoms with E-state index >= 15 is 0 Å². The highest BCUT2D eigenvalue weighted by Crippen LogP contribution is 1.86. The van der Waals surface area contributed by atoms with Gasteiger partial charge in [0.2, 0.25) is 0 Å². The van der Waals surface area contributed by atoms with E-state index in [1.54, 1.807) is 0 Å². The van der Waals surface area contributed by atoms with Crippen LogP contribution in [0.3, 0.4) is 0 Å². The van der Waals surface area contributed by atoms with Gasteiger partial charge in [0.05, 0.1) is 99.1 Å². The van der Waals surface area contributed by atoms with Crippen molar-refractivity contribution in [2.75, 3.05) is 112 Å². The molecule has 0 unspecified atom stereocenters. The lowest BCUT2D eigenvalue weighted by Crippen LogP contribution is -2.15. The Labute approximate surface area is 191 Å². The van der Waals surface area contributed by atoms with Crippen LogP contribution >= 0.6 is 0 Å². The minimum absolute atomic E-state index is 0.202. The predicted molar refractivity (Wildman–Crippen MR) is 117 cm³/mol.